The van der Waals surface area contributed by atoms with Gasteiger partial charge in [0.1, 0.15) is 5.75 Å². The summed E-state index contributed by atoms with van der Waals surface area (Å²) in [5.74, 6) is 0.444. The molecule has 1 heterocycles. The lowest BCUT2D eigenvalue weighted by Crippen LogP contribution is -2.27. The van der Waals surface area contributed by atoms with Crippen LogP contribution in [0.3, 0.4) is 0 Å². The first-order chi connectivity index (χ1) is 8.67. The molecule has 2 amide bonds. The number of benzene rings is 1. The lowest BCUT2D eigenvalue weighted by molar-refractivity contribution is -0.122. The van der Waals surface area contributed by atoms with E-state index in [2.05, 4.69) is 0 Å². The summed E-state index contributed by atoms with van der Waals surface area (Å²) in [5.41, 5.74) is 0.793. The molecule has 4 nitrogen and oxygen atoms in total. The molecule has 1 aliphatic rings. The van der Waals surface area contributed by atoms with E-state index in [1.807, 2.05) is 24.3 Å². The summed E-state index contributed by atoms with van der Waals surface area (Å²) < 4.78 is 5.21. The van der Waals surface area contributed by atoms with Crippen molar-refractivity contribution in [2.75, 3.05) is 13.7 Å². The summed E-state index contributed by atoms with van der Waals surface area (Å²) in [6.07, 6.45) is 1.69. The van der Waals surface area contributed by atoms with Crippen LogP contribution in [0.15, 0.2) is 29.2 Å². The van der Waals surface area contributed by atoms with Crippen LogP contribution in [-0.4, -0.2) is 29.7 Å². The average molecular weight is 263 g/mol. The van der Waals surface area contributed by atoms with E-state index < -0.39 is 0 Å². The molecule has 0 aromatic heterocycles. The summed E-state index contributed by atoms with van der Waals surface area (Å²) in [6, 6.07) is 7.38. The first kappa shape index (κ1) is 12.7. The highest BCUT2D eigenvalue weighted by Gasteiger charge is 2.33. The van der Waals surface area contributed by atoms with Gasteiger partial charge < -0.3 is 4.74 Å². The molecule has 5 heteroatoms. The van der Waals surface area contributed by atoms with Gasteiger partial charge in [0.15, 0.2) is 0 Å². The van der Waals surface area contributed by atoms with Crippen molar-refractivity contribution in [3.8, 4) is 5.75 Å². The fourth-order valence-corrected chi connectivity index (χ4v) is 2.59. The van der Waals surface area contributed by atoms with E-state index in [-0.39, 0.29) is 11.1 Å². The van der Waals surface area contributed by atoms with Crippen LogP contribution in [0, 0.1) is 0 Å². The monoisotopic (exact) mass is 263 g/mol. The number of nitrogens with zero attached hydrogens (tertiary/aromatic N) is 1. The van der Waals surface area contributed by atoms with Crippen molar-refractivity contribution in [3.05, 3.63) is 34.7 Å². The van der Waals surface area contributed by atoms with Gasteiger partial charge in [0.05, 0.1) is 12.0 Å². The molecular weight excluding hydrogens is 250 g/mol. The van der Waals surface area contributed by atoms with Crippen LogP contribution in [0.5, 0.6) is 5.75 Å². The lowest BCUT2D eigenvalue weighted by atomic mass is 10.2. The molecular formula is C13H13NO3S. The van der Waals surface area contributed by atoms with E-state index in [4.69, 9.17) is 4.74 Å². The molecule has 1 aliphatic heterocycles. The van der Waals surface area contributed by atoms with Gasteiger partial charge in [-0.05, 0) is 30.8 Å². The minimum Gasteiger partial charge on any atom is -0.496 e. The van der Waals surface area contributed by atoms with Crippen LogP contribution in [-0.2, 0) is 4.79 Å². The summed E-state index contributed by atoms with van der Waals surface area (Å²) in [4.78, 5) is 25.2. The average Bonchev–Trinajstić information content (AvgIpc) is 2.65. The van der Waals surface area contributed by atoms with Crippen LogP contribution in [0.1, 0.15) is 12.5 Å². The molecule has 0 bridgehead atoms. The molecule has 1 saturated heterocycles. The van der Waals surface area contributed by atoms with Gasteiger partial charge >= 0.3 is 0 Å². The van der Waals surface area contributed by atoms with Gasteiger partial charge in [-0.2, -0.15) is 0 Å². The van der Waals surface area contributed by atoms with Crippen LogP contribution in [0.4, 0.5) is 4.79 Å². The van der Waals surface area contributed by atoms with Gasteiger partial charge in [0.2, 0.25) is 0 Å². The second-order valence-corrected chi connectivity index (χ2v) is 4.66. The molecule has 94 valence electrons. The summed E-state index contributed by atoms with van der Waals surface area (Å²) in [6.45, 7) is 2.18. The van der Waals surface area contributed by atoms with Crippen LogP contribution < -0.4 is 4.74 Å². The normalized spacial score (nSPS) is 17.7. The molecule has 1 aromatic rings. The Morgan fingerprint density at radius 2 is 2.06 bits per heavy atom. The summed E-state index contributed by atoms with van der Waals surface area (Å²) in [7, 11) is 1.57. The molecule has 2 rings (SSSR count). The molecule has 0 saturated carbocycles. The third-order valence-electron chi connectivity index (χ3n) is 2.62. The minimum atomic E-state index is -0.238. The first-order valence-electron chi connectivity index (χ1n) is 5.55. The van der Waals surface area contributed by atoms with Crippen molar-refractivity contribution < 1.29 is 14.3 Å². The van der Waals surface area contributed by atoms with Gasteiger partial charge in [-0.1, -0.05) is 18.2 Å². The largest absolute Gasteiger partial charge is 0.496 e. The lowest BCUT2D eigenvalue weighted by Gasteiger charge is -2.07. The van der Waals surface area contributed by atoms with E-state index in [1.54, 1.807) is 20.1 Å². The molecule has 0 unspecified atom stereocenters. The Kier molecular flexibility index (Phi) is 3.72. The van der Waals surface area contributed by atoms with Crippen molar-refractivity contribution >= 4 is 29.0 Å². The number of likely N-dealkylation sites (N-methyl/N-ethyl adjacent to an activating group) is 1. The maximum Gasteiger partial charge on any atom is 0.293 e. The second kappa shape index (κ2) is 5.27. The number of methoxy groups -OCH3 is 1. The predicted molar refractivity (Wildman–Crippen MR) is 71.3 cm³/mol. The fourth-order valence-electron chi connectivity index (χ4n) is 1.70. The molecule has 0 N–H and O–H groups in total. The van der Waals surface area contributed by atoms with Gasteiger partial charge in [-0.3, -0.25) is 14.5 Å². The number of imide groups is 1. The Labute approximate surface area is 110 Å². The van der Waals surface area contributed by atoms with Gasteiger partial charge in [-0.15, -0.1) is 0 Å². The number of hydrogen-bond donors (Lipinski definition) is 0. The topological polar surface area (TPSA) is 46.6 Å². The fraction of sp³-hybridized carbons (Fsp3) is 0.231. The Bertz CT molecular complexity index is 525. The maximum atomic E-state index is 11.9. The SMILES string of the molecule is CCN1C(=O)S/C(=C/c2ccccc2OC)C1=O. The van der Waals surface area contributed by atoms with E-state index in [1.165, 1.54) is 4.90 Å². The number of carbonyl (C=O) groups is 2. The van der Waals surface area contributed by atoms with Crippen LogP contribution >= 0.6 is 11.8 Å². The summed E-state index contributed by atoms with van der Waals surface area (Å²) >= 11 is 0.963. The Morgan fingerprint density at radius 3 is 2.67 bits per heavy atom. The zero-order chi connectivity index (χ0) is 13.1. The molecule has 1 aromatic carbocycles. The van der Waals surface area contributed by atoms with Crippen molar-refractivity contribution in [1.29, 1.82) is 0 Å². The number of para-hydroxylation sites is 1. The third-order valence-corrected chi connectivity index (χ3v) is 3.52. The van der Waals surface area contributed by atoms with Crippen molar-refractivity contribution in [2.45, 2.75) is 6.92 Å². The number of carbonyl (C=O) groups excluding carboxylic acids is 2. The maximum absolute atomic E-state index is 11.9. The second-order valence-electron chi connectivity index (χ2n) is 3.67. The smallest absolute Gasteiger partial charge is 0.293 e. The Morgan fingerprint density at radius 1 is 1.33 bits per heavy atom. The molecule has 0 aliphatic carbocycles. The Balaban J connectivity index is 2.35. The molecule has 0 radical (unpaired) electrons. The number of rotatable bonds is 3. The zero-order valence-corrected chi connectivity index (χ0v) is 11.0. The summed E-state index contributed by atoms with van der Waals surface area (Å²) in [5, 5.41) is -0.219. The molecule has 0 atom stereocenters. The van der Waals surface area contributed by atoms with E-state index in [0.717, 1.165) is 17.3 Å². The van der Waals surface area contributed by atoms with Crippen molar-refractivity contribution in [2.24, 2.45) is 0 Å². The predicted octanol–water partition coefficient (Wildman–Crippen LogP) is 2.75. The highest BCUT2D eigenvalue weighted by molar-refractivity contribution is 8.18. The third kappa shape index (κ3) is 2.26. The highest BCUT2D eigenvalue weighted by Crippen LogP contribution is 2.33. The van der Waals surface area contributed by atoms with Crippen molar-refractivity contribution in [1.82, 2.24) is 4.90 Å². The van der Waals surface area contributed by atoms with Gasteiger partial charge in [0, 0.05) is 12.1 Å². The number of hydrogen-bond acceptors (Lipinski definition) is 4. The van der Waals surface area contributed by atoms with Crippen molar-refractivity contribution in [3.63, 3.8) is 0 Å². The zero-order valence-electron chi connectivity index (χ0n) is 10.2. The van der Waals surface area contributed by atoms with Gasteiger partial charge in [0.25, 0.3) is 11.1 Å². The van der Waals surface area contributed by atoms with E-state index in [9.17, 15) is 9.59 Å². The minimum absolute atomic E-state index is 0.219. The standard InChI is InChI=1S/C13H13NO3S/c1-3-14-12(15)11(18-13(14)16)8-9-6-4-5-7-10(9)17-2/h4-8H,3H2,1-2H3/b11-8+. The molecule has 18 heavy (non-hydrogen) atoms. The van der Waals surface area contributed by atoms with Crippen LogP contribution in [0.25, 0.3) is 6.08 Å². The quantitative estimate of drug-likeness (QED) is 0.787. The van der Waals surface area contributed by atoms with Gasteiger partial charge in [-0.25, -0.2) is 0 Å². The number of amides is 2. The Hall–Kier alpha value is -1.75. The number of thioether (sulfide) groups is 1. The molecule has 0 spiro atoms. The number of ether oxygens (including phenoxy) is 1. The van der Waals surface area contributed by atoms with Crippen LogP contribution in [0.2, 0.25) is 0 Å². The van der Waals surface area contributed by atoms with E-state index in [0.29, 0.717) is 17.2 Å². The molecule has 1 fully saturated rings. The highest BCUT2D eigenvalue weighted by atomic mass is 32.2. The van der Waals surface area contributed by atoms with E-state index >= 15 is 0 Å². The first-order valence-corrected chi connectivity index (χ1v) is 6.37.